The second kappa shape index (κ2) is 16.6. The number of hydroxylamine groups is 4. The summed E-state index contributed by atoms with van der Waals surface area (Å²) in [6, 6.07) is 29.2. The van der Waals surface area contributed by atoms with Crippen LogP contribution in [0.2, 0.25) is 0 Å². The zero-order valence-corrected chi connectivity index (χ0v) is 29.7. The Morgan fingerprint density at radius 1 is 0.585 bits per heavy atom. The van der Waals surface area contributed by atoms with Crippen LogP contribution >= 0.6 is 62.8 Å². The van der Waals surface area contributed by atoms with E-state index in [0.717, 1.165) is 16.9 Å². The minimum absolute atomic E-state index is 0.177. The van der Waals surface area contributed by atoms with Crippen LogP contribution in [0.3, 0.4) is 0 Å². The van der Waals surface area contributed by atoms with Gasteiger partial charge in [-0.1, -0.05) is 134 Å². The Balaban J connectivity index is 1.68. The lowest BCUT2D eigenvalue weighted by Crippen LogP contribution is -2.40. The van der Waals surface area contributed by atoms with E-state index in [-0.39, 0.29) is 27.1 Å². The molecule has 2 N–H and O–H groups in total. The van der Waals surface area contributed by atoms with Crippen LogP contribution in [0.5, 0.6) is 0 Å². The number of nitrogens with zero attached hydrogens (tertiary/aromatic N) is 2. The van der Waals surface area contributed by atoms with Gasteiger partial charge in [0, 0.05) is 16.8 Å². The zero-order chi connectivity index (χ0) is 30.0. The Bertz CT molecular complexity index is 1160. The van der Waals surface area contributed by atoms with Crippen LogP contribution in [-0.2, 0) is 0 Å². The quantitative estimate of drug-likeness (QED) is 0.0752. The fourth-order valence-corrected chi connectivity index (χ4v) is 13.8. The summed E-state index contributed by atoms with van der Waals surface area (Å²) >= 11 is 0. The topological polar surface area (TPSA) is 46.9 Å². The van der Waals surface area contributed by atoms with E-state index in [1.807, 2.05) is 99.5 Å². The minimum atomic E-state index is -0.387. The third-order valence-corrected chi connectivity index (χ3v) is 15.3. The summed E-state index contributed by atoms with van der Waals surface area (Å²) in [6.07, 6.45) is 0. The molecule has 3 aromatic rings. The highest BCUT2D eigenvalue weighted by Gasteiger charge is 2.31. The summed E-state index contributed by atoms with van der Waals surface area (Å²) in [7, 11) is 10.5. The van der Waals surface area contributed by atoms with Gasteiger partial charge in [-0.3, -0.25) is 0 Å². The molecule has 41 heavy (non-hydrogen) atoms. The first-order valence-electron chi connectivity index (χ1n) is 13.4. The summed E-state index contributed by atoms with van der Waals surface area (Å²) in [4.78, 5) is 0. The highest BCUT2D eigenvalue weighted by Crippen LogP contribution is 2.55. The van der Waals surface area contributed by atoms with E-state index >= 15 is 0 Å². The Kier molecular flexibility index (Phi) is 14.2. The van der Waals surface area contributed by atoms with Gasteiger partial charge in [0.25, 0.3) is 0 Å². The highest BCUT2D eigenvalue weighted by atomic mass is 33.5. The van der Waals surface area contributed by atoms with Crippen LogP contribution < -0.4 is 0 Å². The zero-order valence-electron chi connectivity index (χ0n) is 24.8. The average Bonchev–Trinajstić information content (AvgIpc) is 2.94. The van der Waals surface area contributed by atoms with Crippen molar-refractivity contribution in [3.8, 4) is 0 Å². The van der Waals surface area contributed by atoms with Crippen LogP contribution in [0.25, 0.3) is 0 Å². The molecule has 3 unspecified atom stereocenters. The van der Waals surface area contributed by atoms with E-state index in [1.165, 1.54) is 21.3 Å². The predicted molar refractivity (Wildman–Crippen MR) is 189 cm³/mol. The van der Waals surface area contributed by atoms with Gasteiger partial charge in [0.1, 0.15) is 10.7 Å². The molecule has 0 radical (unpaired) electrons. The van der Waals surface area contributed by atoms with Crippen molar-refractivity contribution in [1.29, 1.82) is 0 Å². The molecule has 0 aliphatic heterocycles. The first-order chi connectivity index (χ1) is 19.4. The first kappa shape index (κ1) is 35.1. The number of hydrogen-bond donors (Lipinski definition) is 2. The van der Waals surface area contributed by atoms with Gasteiger partial charge in [-0.25, -0.2) is 0 Å². The fourth-order valence-electron chi connectivity index (χ4n) is 3.64. The summed E-state index contributed by atoms with van der Waals surface area (Å²) < 4.78 is 0. The third kappa shape index (κ3) is 11.2. The van der Waals surface area contributed by atoms with Crippen molar-refractivity contribution < 1.29 is 10.4 Å². The molecule has 3 aromatic carbocycles. The van der Waals surface area contributed by atoms with E-state index in [1.54, 1.807) is 41.2 Å². The third-order valence-electron chi connectivity index (χ3n) is 6.12. The van der Waals surface area contributed by atoms with Crippen molar-refractivity contribution in [2.24, 2.45) is 0 Å². The molecular formula is C31H42N2O2S6. The number of rotatable bonds is 14. The van der Waals surface area contributed by atoms with Gasteiger partial charge < -0.3 is 10.4 Å². The Morgan fingerprint density at radius 2 is 1.02 bits per heavy atom. The monoisotopic (exact) mass is 666 g/mol. The Hall–Kier alpha value is -0.400. The lowest BCUT2D eigenvalue weighted by Gasteiger charge is -2.36. The maximum atomic E-state index is 11.1. The van der Waals surface area contributed by atoms with E-state index in [2.05, 4.69) is 55.5 Å². The smallest absolute Gasteiger partial charge is 0.117 e. The largest absolute Gasteiger partial charge is 0.312 e. The maximum Gasteiger partial charge on any atom is 0.117 e. The van der Waals surface area contributed by atoms with Crippen LogP contribution in [-0.4, -0.2) is 37.4 Å². The van der Waals surface area contributed by atoms with Gasteiger partial charge in [-0.15, -0.1) is 0 Å². The van der Waals surface area contributed by atoms with E-state index in [0.29, 0.717) is 0 Å². The van der Waals surface area contributed by atoms with Crippen LogP contribution in [0.4, 0.5) is 0 Å². The number of hydrogen-bond acceptors (Lipinski definition) is 10. The molecule has 3 rings (SSSR count). The summed E-state index contributed by atoms with van der Waals surface area (Å²) in [6.45, 7) is 14.3. The molecule has 0 saturated carbocycles. The second-order valence-electron chi connectivity index (χ2n) is 11.7. The second-order valence-corrected chi connectivity index (χ2v) is 20.3. The van der Waals surface area contributed by atoms with Crippen LogP contribution in [0.15, 0.2) is 84.9 Å². The molecule has 0 saturated heterocycles. The molecule has 4 nitrogen and oxygen atoms in total. The van der Waals surface area contributed by atoms with Crippen molar-refractivity contribution in [2.45, 2.75) is 75.5 Å². The van der Waals surface area contributed by atoms with Gasteiger partial charge in [-0.2, -0.15) is 10.1 Å². The molecule has 224 valence electrons. The molecular weight excluding hydrogens is 625 g/mol. The van der Waals surface area contributed by atoms with Gasteiger partial charge in [0.2, 0.25) is 0 Å². The van der Waals surface area contributed by atoms with Crippen molar-refractivity contribution >= 4 is 62.8 Å². The van der Waals surface area contributed by atoms with Gasteiger partial charge in [0.15, 0.2) is 0 Å². The van der Waals surface area contributed by atoms with Crippen molar-refractivity contribution in [3.63, 3.8) is 0 Å². The minimum Gasteiger partial charge on any atom is -0.312 e. The fraction of sp³-hybridized carbons (Fsp3) is 0.419. The molecule has 0 heterocycles. The van der Waals surface area contributed by atoms with Crippen molar-refractivity contribution in [2.75, 3.05) is 5.75 Å². The number of benzene rings is 3. The summed E-state index contributed by atoms with van der Waals surface area (Å²) in [5.74, 6) is 0.902. The van der Waals surface area contributed by atoms with Crippen LogP contribution in [0.1, 0.15) is 79.8 Å². The molecule has 3 atom stereocenters. The predicted octanol–water partition coefficient (Wildman–Crippen LogP) is 11.5. The summed E-state index contributed by atoms with van der Waals surface area (Å²) in [5.41, 5.74) is 3.93. The van der Waals surface area contributed by atoms with E-state index in [4.69, 9.17) is 0 Å². The number of aryl methyl sites for hydroxylation is 1. The van der Waals surface area contributed by atoms with Crippen LogP contribution in [0, 0.1) is 6.92 Å². The van der Waals surface area contributed by atoms with Gasteiger partial charge in [0.05, 0.1) is 5.25 Å². The van der Waals surface area contributed by atoms with Crippen molar-refractivity contribution in [3.05, 3.63) is 107 Å². The molecule has 0 amide bonds. The van der Waals surface area contributed by atoms with E-state index < -0.39 is 0 Å². The Morgan fingerprint density at radius 3 is 1.46 bits per heavy atom. The lowest BCUT2D eigenvalue weighted by atomic mass is 10.1. The summed E-state index contributed by atoms with van der Waals surface area (Å²) in [5, 5.41) is 24.9. The molecule has 0 aliphatic rings. The molecule has 0 fully saturated rings. The normalized spacial score (nSPS) is 14.8. The average molecular weight is 667 g/mol. The van der Waals surface area contributed by atoms with Crippen molar-refractivity contribution in [1.82, 2.24) is 10.1 Å². The molecule has 0 bridgehead atoms. The SMILES string of the molecule is Cc1ccc(C(CSSSC(c2ccccc2)N(O)C(C)(C)C)SSSC(c2ccccc2)N(O)C(C)(C)C)cc1. The van der Waals surface area contributed by atoms with Gasteiger partial charge >= 0.3 is 0 Å². The highest BCUT2D eigenvalue weighted by molar-refractivity contribution is 9.10. The maximum absolute atomic E-state index is 11.1. The van der Waals surface area contributed by atoms with E-state index in [9.17, 15) is 10.4 Å². The molecule has 10 heteroatoms. The first-order valence-corrected chi connectivity index (χ1v) is 20.8. The van der Waals surface area contributed by atoms with Gasteiger partial charge in [-0.05, 0) is 84.8 Å². The molecule has 0 aliphatic carbocycles. The lowest BCUT2D eigenvalue weighted by molar-refractivity contribution is -0.166. The standard InChI is InChI=1S/C31H42N2O2S6/c1-23-18-20-24(21-19-23)27(37-41-39-29(33(35)31(5,6)7)26-16-12-9-13-17-26)22-36-40-38-28(32(34)30(2,3)4)25-14-10-8-11-15-25/h8-21,27-29,34-35H,22H2,1-7H3. The molecule has 0 spiro atoms. The Labute approximate surface area is 270 Å². The molecule has 0 aromatic heterocycles.